The van der Waals surface area contributed by atoms with Crippen molar-refractivity contribution < 1.29 is 13.9 Å². The Balaban J connectivity index is 1.73. The number of hydrogen-bond donors (Lipinski definition) is 1. The third-order valence-corrected chi connectivity index (χ3v) is 3.42. The molecule has 0 atom stereocenters. The number of ether oxygens (including phenoxy) is 2. The van der Waals surface area contributed by atoms with Crippen LogP contribution in [0.4, 0.5) is 15.9 Å². The lowest BCUT2D eigenvalue weighted by atomic mass is 10.2. The van der Waals surface area contributed by atoms with Crippen LogP contribution in [0, 0.1) is 5.82 Å². The SMILES string of the molecule is Fc1cccc2c(Nc3ccc4c(c3)OCCO4)ncnc12. The molecule has 22 heavy (non-hydrogen) atoms. The third kappa shape index (κ3) is 2.18. The summed E-state index contributed by atoms with van der Waals surface area (Å²) in [6, 6.07) is 10.3. The van der Waals surface area contributed by atoms with Crippen molar-refractivity contribution in [2.24, 2.45) is 0 Å². The van der Waals surface area contributed by atoms with Crippen LogP contribution in [0.2, 0.25) is 0 Å². The minimum atomic E-state index is -0.370. The number of hydrogen-bond acceptors (Lipinski definition) is 5. The molecule has 5 nitrogen and oxygen atoms in total. The van der Waals surface area contributed by atoms with E-state index in [2.05, 4.69) is 15.3 Å². The monoisotopic (exact) mass is 297 g/mol. The van der Waals surface area contributed by atoms with Gasteiger partial charge in [-0.2, -0.15) is 0 Å². The Morgan fingerprint density at radius 3 is 2.77 bits per heavy atom. The lowest BCUT2D eigenvalue weighted by molar-refractivity contribution is 0.171. The quantitative estimate of drug-likeness (QED) is 0.786. The number of para-hydroxylation sites is 1. The summed E-state index contributed by atoms with van der Waals surface area (Å²) in [5, 5.41) is 3.79. The zero-order valence-electron chi connectivity index (χ0n) is 11.5. The maximum Gasteiger partial charge on any atom is 0.163 e. The van der Waals surface area contributed by atoms with Crippen LogP contribution in [-0.2, 0) is 0 Å². The smallest absolute Gasteiger partial charge is 0.163 e. The second-order valence-electron chi connectivity index (χ2n) is 4.84. The highest BCUT2D eigenvalue weighted by Crippen LogP contribution is 2.34. The van der Waals surface area contributed by atoms with Gasteiger partial charge in [-0.05, 0) is 24.3 Å². The van der Waals surface area contributed by atoms with Crippen molar-refractivity contribution in [3.05, 3.63) is 48.5 Å². The van der Waals surface area contributed by atoms with Crippen molar-refractivity contribution in [2.75, 3.05) is 18.5 Å². The lowest BCUT2D eigenvalue weighted by Crippen LogP contribution is -2.15. The highest BCUT2D eigenvalue weighted by molar-refractivity contribution is 5.90. The first-order chi connectivity index (χ1) is 10.8. The van der Waals surface area contributed by atoms with Gasteiger partial charge in [0, 0.05) is 17.1 Å². The third-order valence-electron chi connectivity index (χ3n) is 3.42. The Labute approximate surface area is 125 Å². The summed E-state index contributed by atoms with van der Waals surface area (Å²) in [6.45, 7) is 1.08. The number of aromatic nitrogens is 2. The number of rotatable bonds is 2. The van der Waals surface area contributed by atoms with E-state index in [-0.39, 0.29) is 11.3 Å². The zero-order valence-corrected chi connectivity index (χ0v) is 11.5. The molecule has 6 heteroatoms. The van der Waals surface area contributed by atoms with Crippen molar-refractivity contribution in [3.8, 4) is 11.5 Å². The molecule has 0 radical (unpaired) electrons. The minimum absolute atomic E-state index is 0.289. The summed E-state index contributed by atoms with van der Waals surface area (Å²) < 4.78 is 24.8. The summed E-state index contributed by atoms with van der Waals surface area (Å²) in [4.78, 5) is 8.18. The van der Waals surface area contributed by atoms with E-state index >= 15 is 0 Å². The van der Waals surface area contributed by atoms with E-state index in [1.165, 1.54) is 12.4 Å². The number of fused-ring (bicyclic) bond motifs is 2. The van der Waals surface area contributed by atoms with Gasteiger partial charge in [-0.25, -0.2) is 14.4 Å². The van der Waals surface area contributed by atoms with Crippen molar-refractivity contribution in [3.63, 3.8) is 0 Å². The average Bonchev–Trinajstić information content (AvgIpc) is 2.56. The van der Waals surface area contributed by atoms with Gasteiger partial charge >= 0.3 is 0 Å². The number of halogens is 1. The molecule has 0 saturated carbocycles. The first-order valence-corrected chi connectivity index (χ1v) is 6.87. The van der Waals surface area contributed by atoms with E-state index in [4.69, 9.17) is 9.47 Å². The molecule has 110 valence electrons. The fraction of sp³-hybridized carbons (Fsp3) is 0.125. The van der Waals surface area contributed by atoms with Crippen LogP contribution in [0.3, 0.4) is 0 Å². The number of anilines is 2. The zero-order chi connectivity index (χ0) is 14.9. The van der Waals surface area contributed by atoms with Crippen LogP contribution in [0.25, 0.3) is 10.9 Å². The Kier molecular flexibility index (Phi) is 3.00. The average molecular weight is 297 g/mol. The fourth-order valence-corrected chi connectivity index (χ4v) is 2.41. The van der Waals surface area contributed by atoms with Crippen molar-refractivity contribution in [2.45, 2.75) is 0 Å². The van der Waals surface area contributed by atoms with Gasteiger partial charge in [0.25, 0.3) is 0 Å². The molecule has 0 aliphatic carbocycles. The molecule has 0 saturated heterocycles. The summed E-state index contributed by atoms with van der Waals surface area (Å²) >= 11 is 0. The first kappa shape index (κ1) is 12.8. The second kappa shape index (κ2) is 5.14. The van der Waals surface area contributed by atoms with E-state index in [1.54, 1.807) is 12.1 Å². The molecule has 0 spiro atoms. The largest absolute Gasteiger partial charge is 0.486 e. The molecule has 1 aliphatic heterocycles. The topological polar surface area (TPSA) is 56.3 Å². The maximum atomic E-state index is 13.8. The lowest BCUT2D eigenvalue weighted by Gasteiger charge is -2.19. The van der Waals surface area contributed by atoms with Crippen molar-refractivity contribution in [1.29, 1.82) is 0 Å². The number of benzene rings is 2. The second-order valence-corrected chi connectivity index (χ2v) is 4.84. The first-order valence-electron chi connectivity index (χ1n) is 6.87. The van der Waals surface area contributed by atoms with Gasteiger partial charge in [0.05, 0.1) is 0 Å². The molecule has 0 bridgehead atoms. The Morgan fingerprint density at radius 1 is 1.00 bits per heavy atom. The van der Waals surface area contributed by atoms with E-state index in [9.17, 15) is 4.39 Å². The maximum absolute atomic E-state index is 13.8. The van der Waals surface area contributed by atoms with Gasteiger partial charge in [0.1, 0.15) is 36.7 Å². The Hall–Kier alpha value is -2.89. The normalized spacial score (nSPS) is 13.1. The molecule has 0 fully saturated rings. The molecule has 1 aliphatic rings. The van der Waals surface area contributed by atoms with E-state index in [1.807, 2.05) is 18.2 Å². The van der Waals surface area contributed by atoms with E-state index < -0.39 is 0 Å². The molecule has 2 aromatic carbocycles. The van der Waals surface area contributed by atoms with Crippen molar-refractivity contribution in [1.82, 2.24) is 9.97 Å². The summed E-state index contributed by atoms with van der Waals surface area (Å²) in [5.74, 6) is 1.57. The van der Waals surface area contributed by atoms with Gasteiger partial charge in [-0.3, -0.25) is 0 Å². The van der Waals surface area contributed by atoms with Crippen LogP contribution < -0.4 is 14.8 Å². The van der Waals surface area contributed by atoms with Gasteiger partial charge in [-0.1, -0.05) is 6.07 Å². The molecular formula is C16H12FN3O2. The van der Waals surface area contributed by atoms with Crippen LogP contribution in [-0.4, -0.2) is 23.2 Å². The summed E-state index contributed by atoms with van der Waals surface area (Å²) in [6.07, 6.45) is 1.34. The molecule has 4 rings (SSSR count). The number of nitrogens with zero attached hydrogens (tertiary/aromatic N) is 2. The number of nitrogens with one attached hydrogen (secondary N) is 1. The minimum Gasteiger partial charge on any atom is -0.486 e. The molecule has 2 heterocycles. The highest BCUT2D eigenvalue weighted by atomic mass is 19.1. The van der Waals surface area contributed by atoms with Gasteiger partial charge in [0.2, 0.25) is 0 Å². The summed E-state index contributed by atoms with van der Waals surface area (Å²) in [5.41, 5.74) is 1.08. The molecular weight excluding hydrogens is 285 g/mol. The molecule has 1 N–H and O–H groups in total. The molecule has 3 aromatic rings. The van der Waals surface area contributed by atoms with Crippen LogP contribution in [0.1, 0.15) is 0 Å². The van der Waals surface area contributed by atoms with E-state index in [0.717, 1.165) is 11.4 Å². The van der Waals surface area contributed by atoms with Gasteiger partial charge in [-0.15, -0.1) is 0 Å². The van der Waals surface area contributed by atoms with Crippen LogP contribution in [0.5, 0.6) is 11.5 Å². The van der Waals surface area contributed by atoms with Gasteiger partial charge in [0.15, 0.2) is 11.5 Å². The molecule has 0 unspecified atom stereocenters. The highest BCUT2D eigenvalue weighted by Gasteiger charge is 2.13. The summed E-state index contributed by atoms with van der Waals surface area (Å²) in [7, 11) is 0. The fourth-order valence-electron chi connectivity index (χ4n) is 2.41. The standard InChI is InChI=1S/C16H12FN3O2/c17-12-3-1-2-11-15(12)18-9-19-16(11)20-10-4-5-13-14(8-10)22-7-6-21-13/h1-5,8-9H,6-7H2,(H,18,19,20). The van der Waals surface area contributed by atoms with Crippen molar-refractivity contribution >= 4 is 22.4 Å². The van der Waals surface area contributed by atoms with Crippen LogP contribution in [0.15, 0.2) is 42.7 Å². The van der Waals surface area contributed by atoms with Gasteiger partial charge < -0.3 is 14.8 Å². The molecule has 1 aromatic heterocycles. The Morgan fingerprint density at radius 2 is 1.86 bits per heavy atom. The van der Waals surface area contributed by atoms with Crippen LogP contribution >= 0.6 is 0 Å². The van der Waals surface area contributed by atoms with E-state index in [0.29, 0.717) is 30.2 Å². The molecule has 0 amide bonds. The Bertz CT molecular complexity index is 854. The predicted octanol–water partition coefficient (Wildman–Crippen LogP) is 3.28. The predicted molar refractivity (Wildman–Crippen MR) is 80.2 cm³/mol.